The topological polar surface area (TPSA) is 74.1 Å². The molecule has 0 aliphatic heterocycles. The molecule has 0 spiro atoms. The van der Waals surface area contributed by atoms with E-state index in [1.54, 1.807) is 13.8 Å². The standard InChI is InChI=1S/C9H13N3O2S2/c1-7(4-10)6-12(3)16(13,14)9-5-11-8(2)15-9/h5,7H,6H2,1-3H3. The first-order valence-corrected chi connectivity index (χ1v) is 6.92. The lowest BCUT2D eigenvalue weighted by atomic mass is 10.2. The van der Waals surface area contributed by atoms with Crippen LogP contribution in [-0.4, -0.2) is 31.3 Å². The van der Waals surface area contributed by atoms with E-state index < -0.39 is 10.0 Å². The molecule has 0 amide bonds. The Morgan fingerprint density at radius 3 is 2.75 bits per heavy atom. The quantitative estimate of drug-likeness (QED) is 0.815. The maximum atomic E-state index is 12.0. The maximum Gasteiger partial charge on any atom is 0.253 e. The second-order valence-electron chi connectivity index (χ2n) is 3.51. The number of hydrogen-bond donors (Lipinski definition) is 0. The van der Waals surface area contributed by atoms with Gasteiger partial charge in [0.2, 0.25) is 0 Å². The van der Waals surface area contributed by atoms with Gasteiger partial charge in [0.15, 0.2) is 4.21 Å². The fraction of sp³-hybridized carbons (Fsp3) is 0.556. The summed E-state index contributed by atoms with van der Waals surface area (Å²) in [7, 11) is -2.01. The number of nitriles is 1. The van der Waals surface area contributed by atoms with Crippen LogP contribution in [0.15, 0.2) is 10.4 Å². The molecule has 0 saturated heterocycles. The molecule has 1 heterocycles. The third kappa shape index (κ3) is 2.78. The zero-order chi connectivity index (χ0) is 12.3. The highest BCUT2D eigenvalue weighted by Crippen LogP contribution is 2.21. The van der Waals surface area contributed by atoms with Gasteiger partial charge in [-0.25, -0.2) is 13.4 Å². The van der Waals surface area contributed by atoms with Crippen molar-refractivity contribution in [2.75, 3.05) is 13.6 Å². The van der Waals surface area contributed by atoms with E-state index in [1.165, 1.54) is 17.5 Å². The molecule has 0 bridgehead atoms. The van der Waals surface area contributed by atoms with Crippen LogP contribution < -0.4 is 0 Å². The largest absolute Gasteiger partial charge is 0.253 e. The summed E-state index contributed by atoms with van der Waals surface area (Å²) in [5.74, 6) is -0.325. The van der Waals surface area contributed by atoms with E-state index in [-0.39, 0.29) is 16.7 Å². The molecule has 1 aromatic heterocycles. The average molecular weight is 259 g/mol. The first-order valence-electron chi connectivity index (χ1n) is 4.66. The van der Waals surface area contributed by atoms with Crippen molar-refractivity contribution in [1.29, 1.82) is 5.26 Å². The summed E-state index contributed by atoms with van der Waals surface area (Å²) >= 11 is 1.13. The van der Waals surface area contributed by atoms with Crippen LogP contribution in [-0.2, 0) is 10.0 Å². The van der Waals surface area contributed by atoms with E-state index in [0.717, 1.165) is 11.3 Å². The molecule has 0 fully saturated rings. The fourth-order valence-corrected chi connectivity index (χ4v) is 3.72. The Labute approximate surface area is 99.4 Å². The lowest BCUT2D eigenvalue weighted by Crippen LogP contribution is -2.30. The Hall–Kier alpha value is -0.970. The second kappa shape index (κ2) is 4.91. The highest BCUT2D eigenvalue weighted by molar-refractivity contribution is 7.91. The summed E-state index contributed by atoms with van der Waals surface area (Å²) in [6.07, 6.45) is 1.35. The number of rotatable bonds is 4. The van der Waals surface area contributed by atoms with Gasteiger partial charge in [-0.05, 0) is 13.8 Å². The third-order valence-electron chi connectivity index (χ3n) is 2.02. The van der Waals surface area contributed by atoms with Crippen molar-refractivity contribution in [3.8, 4) is 6.07 Å². The number of aryl methyl sites for hydroxylation is 1. The predicted octanol–water partition coefficient (Wildman–Crippen LogP) is 1.23. The molecule has 5 nitrogen and oxygen atoms in total. The fourth-order valence-electron chi connectivity index (χ4n) is 1.14. The molecule has 7 heteroatoms. The Balaban J connectivity index is 2.91. The molecular weight excluding hydrogens is 246 g/mol. The lowest BCUT2D eigenvalue weighted by Gasteiger charge is -2.16. The summed E-state index contributed by atoms with van der Waals surface area (Å²) in [6, 6.07) is 2.01. The minimum atomic E-state index is -3.49. The van der Waals surface area contributed by atoms with E-state index in [9.17, 15) is 8.42 Å². The molecule has 0 saturated carbocycles. The number of sulfonamides is 1. The highest BCUT2D eigenvalue weighted by Gasteiger charge is 2.24. The van der Waals surface area contributed by atoms with Crippen LogP contribution in [0.4, 0.5) is 0 Å². The second-order valence-corrected chi connectivity index (χ2v) is 7.02. The molecule has 0 radical (unpaired) electrons. The molecular formula is C9H13N3O2S2. The third-order valence-corrected chi connectivity index (χ3v) is 5.19. The highest BCUT2D eigenvalue weighted by atomic mass is 32.2. The van der Waals surface area contributed by atoms with Crippen molar-refractivity contribution in [3.63, 3.8) is 0 Å². The van der Waals surface area contributed by atoms with Crippen LogP contribution in [0, 0.1) is 24.2 Å². The zero-order valence-electron chi connectivity index (χ0n) is 9.34. The molecule has 1 atom stereocenters. The number of thiazole rings is 1. The van der Waals surface area contributed by atoms with Crippen molar-refractivity contribution in [2.24, 2.45) is 5.92 Å². The van der Waals surface area contributed by atoms with Gasteiger partial charge in [-0.15, -0.1) is 11.3 Å². The van der Waals surface area contributed by atoms with Gasteiger partial charge < -0.3 is 0 Å². The molecule has 0 aromatic carbocycles. The Morgan fingerprint density at radius 1 is 1.69 bits per heavy atom. The molecule has 0 aliphatic carbocycles. The number of hydrogen-bond acceptors (Lipinski definition) is 5. The van der Waals surface area contributed by atoms with Crippen LogP contribution in [0.3, 0.4) is 0 Å². The Bertz CT molecular complexity index is 501. The molecule has 0 N–H and O–H groups in total. The van der Waals surface area contributed by atoms with Gasteiger partial charge in [0.05, 0.1) is 23.2 Å². The molecule has 1 rings (SSSR count). The first kappa shape index (κ1) is 13.1. The van der Waals surface area contributed by atoms with Gasteiger partial charge >= 0.3 is 0 Å². The molecule has 1 aromatic rings. The van der Waals surface area contributed by atoms with Crippen LogP contribution in [0.1, 0.15) is 11.9 Å². The smallest absolute Gasteiger partial charge is 0.249 e. The average Bonchev–Trinajstić information content (AvgIpc) is 2.65. The van der Waals surface area contributed by atoms with Crippen molar-refractivity contribution in [3.05, 3.63) is 11.2 Å². The van der Waals surface area contributed by atoms with Crippen molar-refractivity contribution >= 4 is 21.4 Å². The normalized spacial score (nSPS) is 13.7. The van der Waals surface area contributed by atoms with Crippen LogP contribution in [0.2, 0.25) is 0 Å². The SMILES string of the molecule is Cc1ncc(S(=O)(=O)N(C)CC(C)C#N)s1. The van der Waals surface area contributed by atoms with E-state index >= 15 is 0 Å². The van der Waals surface area contributed by atoms with Crippen LogP contribution in [0.25, 0.3) is 0 Å². The van der Waals surface area contributed by atoms with Gasteiger partial charge in [-0.3, -0.25) is 0 Å². The Morgan fingerprint density at radius 2 is 2.31 bits per heavy atom. The summed E-state index contributed by atoms with van der Waals surface area (Å²) in [6.45, 7) is 3.63. The molecule has 1 unspecified atom stereocenters. The van der Waals surface area contributed by atoms with Gasteiger partial charge in [-0.2, -0.15) is 9.57 Å². The van der Waals surface area contributed by atoms with E-state index in [2.05, 4.69) is 4.98 Å². The number of nitrogens with zero attached hydrogens (tertiary/aromatic N) is 3. The minimum Gasteiger partial charge on any atom is -0.249 e. The first-order chi connectivity index (χ1) is 7.37. The van der Waals surface area contributed by atoms with Crippen LogP contribution >= 0.6 is 11.3 Å². The van der Waals surface area contributed by atoms with Gasteiger partial charge in [0, 0.05) is 13.6 Å². The van der Waals surface area contributed by atoms with E-state index in [4.69, 9.17) is 5.26 Å². The zero-order valence-corrected chi connectivity index (χ0v) is 11.0. The Kier molecular flexibility index (Phi) is 4.02. The molecule has 88 valence electrons. The summed E-state index contributed by atoms with van der Waals surface area (Å²) in [4.78, 5) is 3.91. The van der Waals surface area contributed by atoms with Gasteiger partial charge in [0.1, 0.15) is 0 Å². The monoisotopic (exact) mass is 259 g/mol. The summed E-state index contributed by atoms with van der Waals surface area (Å²) in [5.41, 5.74) is 0. The maximum absolute atomic E-state index is 12.0. The lowest BCUT2D eigenvalue weighted by molar-refractivity contribution is 0.440. The molecule has 0 aliphatic rings. The van der Waals surface area contributed by atoms with E-state index in [0.29, 0.717) is 5.01 Å². The predicted molar refractivity (Wildman–Crippen MR) is 61.4 cm³/mol. The van der Waals surface area contributed by atoms with Crippen LogP contribution in [0.5, 0.6) is 0 Å². The summed E-state index contributed by atoms with van der Waals surface area (Å²) < 4.78 is 25.4. The van der Waals surface area contributed by atoms with Gasteiger partial charge in [-0.1, -0.05) is 0 Å². The summed E-state index contributed by atoms with van der Waals surface area (Å²) in [5, 5.41) is 9.35. The number of aromatic nitrogens is 1. The van der Waals surface area contributed by atoms with Crippen molar-refractivity contribution < 1.29 is 8.42 Å². The minimum absolute atomic E-state index is 0.190. The van der Waals surface area contributed by atoms with Crippen molar-refractivity contribution in [1.82, 2.24) is 9.29 Å². The molecule has 16 heavy (non-hydrogen) atoms. The van der Waals surface area contributed by atoms with Crippen molar-refractivity contribution in [2.45, 2.75) is 18.1 Å². The van der Waals surface area contributed by atoms with E-state index in [1.807, 2.05) is 6.07 Å². The van der Waals surface area contributed by atoms with Gasteiger partial charge in [0.25, 0.3) is 10.0 Å².